The predicted octanol–water partition coefficient (Wildman–Crippen LogP) is -0.700. The van der Waals surface area contributed by atoms with Crippen molar-refractivity contribution in [3.8, 4) is 11.5 Å². The maximum absolute atomic E-state index is 12.0. The van der Waals surface area contributed by atoms with Crippen LogP contribution in [0.5, 0.6) is 11.5 Å². The van der Waals surface area contributed by atoms with Crippen molar-refractivity contribution in [2.75, 3.05) is 26.4 Å². The Morgan fingerprint density at radius 3 is 2.54 bits per heavy atom. The lowest BCUT2D eigenvalue weighted by atomic mass is 9.99. The van der Waals surface area contributed by atoms with Crippen molar-refractivity contribution in [1.29, 1.82) is 0 Å². The summed E-state index contributed by atoms with van der Waals surface area (Å²) in [6, 6.07) is 3.93. The molecule has 0 aromatic heterocycles. The number of hydrogen-bond acceptors (Lipinski definition) is 13. The zero-order valence-corrected chi connectivity index (χ0v) is 21.4. The number of phenolic OH excluding ortho intramolecular Hbond substituents is 2. The number of carbonyl (C=O) groups is 1. The van der Waals surface area contributed by atoms with Gasteiger partial charge in [-0.2, -0.15) is 0 Å². The Morgan fingerprint density at radius 2 is 1.82 bits per heavy atom. The molecule has 0 spiro atoms. The average Bonchev–Trinajstić information content (AvgIpc) is 3.20. The summed E-state index contributed by atoms with van der Waals surface area (Å²) in [6.07, 6.45) is -2.36. The molecule has 0 bridgehead atoms. The molecule has 2 heterocycles. The van der Waals surface area contributed by atoms with E-state index < -0.39 is 67.9 Å². The van der Waals surface area contributed by atoms with Crippen molar-refractivity contribution in [2.45, 2.75) is 68.5 Å². The van der Waals surface area contributed by atoms with Crippen LogP contribution in [0.2, 0.25) is 0 Å². The summed E-state index contributed by atoms with van der Waals surface area (Å²) in [7, 11) is 0. The van der Waals surface area contributed by atoms with Gasteiger partial charge in [0.2, 0.25) is 0 Å². The van der Waals surface area contributed by atoms with Crippen molar-refractivity contribution in [3.63, 3.8) is 0 Å². The highest BCUT2D eigenvalue weighted by molar-refractivity contribution is 5.87. The third-order valence-electron chi connectivity index (χ3n) is 6.24. The van der Waals surface area contributed by atoms with E-state index in [-0.39, 0.29) is 24.7 Å². The molecule has 13 heteroatoms. The van der Waals surface area contributed by atoms with E-state index in [9.17, 15) is 40.5 Å². The molecular formula is C26H36O13. The molecule has 2 fully saturated rings. The number of aliphatic hydroxyl groups is 5. The molecule has 8 atom stereocenters. The molecule has 8 unspecified atom stereocenters. The van der Waals surface area contributed by atoms with Gasteiger partial charge in [-0.3, -0.25) is 0 Å². The van der Waals surface area contributed by atoms with Crippen molar-refractivity contribution in [1.82, 2.24) is 0 Å². The molecule has 218 valence electrons. The Morgan fingerprint density at radius 1 is 1.05 bits per heavy atom. The van der Waals surface area contributed by atoms with Crippen molar-refractivity contribution in [3.05, 3.63) is 42.0 Å². The van der Waals surface area contributed by atoms with Crippen molar-refractivity contribution >= 4 is 12.0 Å². The molecule has 0 radical (unpaired) electrons. The highest BCUT2D eigenvalue weighted by Gasteiger charge is 2.51. The Labute approximate surface area is 225 Å². The van der Waals surface area contributed by atoms with Crippen LogP contribution in [0, 0.1) is 0 Å². The smallest absolute Gasteiger partial charge is 0.330 e. The van der Waals surface area contributed by atoms with Gasteiger partial charge in [0.05, 0.1) is 19.8 Å². The number of aliphatic hydroxyl groups excluding tert-OH is 4. The summed E-state index contributed by atoms with van der Waals surface area (Å²) in [6.45, 7) is 0.734. The van der Waals surface area contributed by atoms with Crippen LogP contribution < -0.4 is 0 Å². The van der Waals surface area contributed by atoms with E-state index in [0.717, 1.165) is 12.5 Å². The highest BCUT2D eigenvalue weighted by Crippen LogP contribution is 2.29. The summed E-state index contributed by atoms with van der Waals surface area (Å²) in [5.41, 5.74) is -1.59. The fourth-order valence-corrected chi connectivity index (χ4v) is 3.89. The van der Waals surface area contributed by atoms with Crippen LogP contribution in [-0.4, -0.2) is 117 Å². The maximum atomic E-state index is 12.0. The van der Waals surface area contributed by atoms with Crippen LogP contribution in [0.15, 0.2) is 36.4 Å². The minimum absolute atomic E-state index is 0.206. The van der Waals surface area contributed by atoms with Gasteiger partial charge >= 0.3 is 5.97 Å². The van der Waals surface area contributed by atoms with E-state index in [2.05, 4.69) is 0 Å². The topological polar surface area (TPSA) is 205 Å². The van der Waals surface area contributed by atoms with Crippen LogP contribution >= 0.6 is 0 Å². The molecule has 3 rings (SSSR count). The number of phenols is 2. The van der Waals surface area contributed by atoms with Gasteiger partial charge in [-0.05, 0) is 36.6 Å². The van der Waals surface area contributed by atoms with Crippen molar-refractivity contribution in [2.24, 2.45) is 0 Å². The van der Waals surface area contributed by atoms with Crippen LogP contribution in [0.4, 0.5) is 0 Å². The van der Waals surface area contributed by atoms with E-state index in [1.54, 1.807) is 0 Å². The number of aromatic hydroxyl groups is 2. The number of benzene rings is 1. The first-order valence-corrected chi connectivity index (χ1v) is 12.5. The van der Waals surface area contributed by atoms with E-state index in [1.807, 2.05) is 19.1 Å². The number of allylic oxidation sites excluding steroid dienone is 1. The molecule has 1 aromatic rings. The SMILES string of the molecule is CCC=CCCOC1OC(COC2OCC(O)(COC(=O)C=Cc3ccc(O)c(O)c3)C2O)C(O)C(O)C1O. The van der Waals surface area contributed by atoms with Gasteiger partial charge in [-0.25, -0.2) is 4.79 Å². The first-order chi connectivity index (χ1) is 18.6. The summed E-state index contributed by atoms with van der Waals surface area (Å²) in [5.74, 6) is -1.53. The fourth-order valence-electron chi connectivity index (χ4n) is 3.89. The molecule has 2 aliphatic rings. The lowest BCUT2D eigenvalue weighted by Crippen LogP contribution is -2.59. The number of carbonyl (C=O) groups excluding carboxylic acids is 1. The van der Waals surface area contributed by atoms with E-state index in [4.69, 9.17) is 23.7 Å². The first kappa shape index (κ1) is 30.9. The van der Waals surface area contributed by atoms with Gasteiger partial charge < -0.3 is 59.4 Å². The summed E-state index contributed by atoms with van der Waals surface area (Å²) in [4.78, 5) is 12.0. The average molecular weight is 557 g/mol. The second kappa shape index (κ2) is 14.2. The molecule has 7 N–H and O–H groups in total. The van der Waals surface area contributed by atoms with Crippen LogP contribution in [0.3, 0.4) is 0 Å². The van der Waals surface area contributed by atoms with E-state index in [0.29, 0.717) is 12.0 Å². The number of hydrogen-bond donors (Lipinski definition) is 7. The van der Waals surface area contributed by atoms with Gasteiger partial charge in [-0.15, -0.1) is 0 Å². The van der Waals surface area contributed by atoms with E-state index >= 15 is 0 Å². The molecule has 13 nitrogen and oxygen atoms in total. The fraction of sp³-hybridized carbons (Fsp3) is 0.577. The summed E-state index contributed by atoms with van der Waals surface area (Å²) in [5, 5.41) is 70.7. The predicted molar refractivity (Wildman–Crippen MR) is 133 cm³/mol. The Hall–Kier alpha value is -2.59. The zero-order chi connectivity index (χ0) is 28.6. The molecule has 2 saturated heterocycles. The minimum Gasteiger partial charge on any atom is -0.504 e. The first-order valence-electron chi connectivity index (χ1n) is 12.5. The Kier molecular flexibility index (Phi) is 11.2. The zero-order valence-electron chi connectivity index (χ0n) is 21.4. The Balaban J connectivity index is 1.48. The second-order valence-corrected chi connectivity index (χ2v) is 9.30. The standard InChI is InChI=1S/C26H36O13/c1-2-3-4-5-10-35-24-22(32)21(31)20(30)18(39-24)12-36-25-23(33)26(34,14-38-25)13-37-19(29)9-7-15-6-8-16(27)17(28)11-15/h3-4,6-9,11,18,20-25,27-28,30-34H,2,5,10,12-14H2,1H3. The second-order valence-electron chi connectivity index (χ2n) is 9.30. The van der Waals surface area contributed by atoms with Crippen molar-refractivity contribution < 1.29 is 64.2 Å². The molecule has 39 heavy (non-hydrogen) atoms. The number of rotatable bonds is 12. The number of esters is 1. The van der Waals surface area contributed by atoms with Gasteiger partial charge in [0.1, 0.15) is 37.1 Å². The molecule has 0 saturated carbocycles. The number of ether oxygens (including phenoxy) is 5. The third-order valence-corrected chi connectivity index (χ3v) is 6.24. The van der Waals surface area contributed by atoms with Crippen LogP contribution in [0.1, 0.15) is 25.3 Å². The monoisotopic (exact) mass is 556 g/mol. The largest absolute Gasteiger partial charge is 0.504 e. The Bertz CT molecular complexity index is 998. The molecule has 0 aliphatic carbocycles. The minimum atomic E-state index is -2.00. The van der Waals surface area contributed by atoms with Gasteiger partial charge in [-0.1, -0.05) is 25.1 Å². The third kappa shape index (κ3) is 8.20. The van der Waals surface area contributed by atoms with Gasteiger partial charge in [0.15, 0.2) is 29.7 Å². The van der Waals surface area contributed by atoms with Crippen LogP contribution in [0.25, 0.3) is 6.08 Å². The van der Waals surface area contributed by atoms with E-state index in [1.165, 1.54) is 24.3 Å². The highest BCUT2D eigenvalue weighted by atomic mass is 16.7. The van der Waals surface area contributed by atoms with Gasteiger partial charge in [0, 0.05) is 6.08 Å². The summed E-state index contributed by atoms with van der Waals surface area (Å²) < 4.78 is 26.8. The molecule has 0 amide bonds. The maximum Gasteiger partial charge on any atom is 0.330 e. The molecule has 1 aromatic carbocycles. The molecular weight excluding hydrogens is 520 g/mol. The van der Waals surface area contributed by atoms with Gasteiger partial charge in [0.25, 0.3) is 0 Å². The molecule has 2 aliphatic heterocycles. The summed E-state index contributed by atoms with van der Waals surface area (Å²) >= 11 is 0. The quantitative estimate of drug-likeness (QED) is 0.0560. The lowest BCUT2D eigenvalue weighted by molar-refractivity contribution is -0.309. The van der Waals surface area contributed by atoms with Crippen LogP contribution in [-0.2, 0) is 28.5 Å². The lowest BCUT2D eigenvalue weighted by Gasteiger charge is -2.40. The normalized spacial score (nSPS) is 33.2.